The molecule has 1 saturated carbocycles. The third-order valence-electron chi connectivity index (χ3n) is 3.72. The Morgan fingerprint density at radius 1 is 1.07 bits per heavy atom. The molecule has 1 aliphatic heterocycles. The van der Waals surface area contributed by atoms with E-state index in [4.69, 9.17) is 4.74 Å². The second-order valence-corrected chi connectivity index (χ2v) is 4.47. The molecular formula is C13H16O. The molecule has 3 rings (SSSR count). The Bertz CT molecular complexity index is 328. The molecule has 1 atom stereocenters. The van der Waals surface area contributed by atoms with Crippen LogP contribution in [0.1, 0.15) is 37.2 Å². The van der Waals surface area contributed by atoms with Crippen molar-refractivity contribution >= 4 is 0 Å². The van der Waals surface area contributed by atoms with Crippen LogP contribution in [0.3, 0.4) is 0 Å². The van der Waals surface area contributed by atoms with Gasteiger partial charge >= 0.3 is 0 Å². The first-order valence-corrected chi connectivity index (χ1v) is 5.67. The number of benzene rings is 1. The van der Waals surface area contributed by atoms with Crippen LogP contribution in [0.2, 0.25) is 0 Å². The first-order chi connectivity index (χ1) is 6.95. The van der Waals surface area contributed by atoms with Crippen LogP contribution in [-0.4, -0.2) is 6.61 Å². The summed E-state index contributed by atoms with van der Waals surface area (Å²) in [5, 5.41) is 0. The summed E-state index contributed by atoms with van der Waals surface area (Å²) in [4.78, 5) is 0. The zero-order valence-electron chi connectivity index (χ0n) is 8.41. The van der Waals surface area contributed by atoms with Gasteiger partial charge in [0.25, 0.3) is 0 Å². The smallest absolute Gasteiger partial charge is 0.122 e. The zero-order valence-corrected chi connectivity index (χ0v) is 8.41. The highest BCUT2D eigenvalue weighted by Crippen LogP contribution is 2.45. The SMILES string of the molecule is c1ccc2c(c1)OCCC2C1CCC1. The zero-order chi connectivity index (χ0) is 9.38. The Hall–Kier alpha value is -0.980. The van der Waals surface area contributed by atoms with Gasteiger partial charge in [-0.05, 0) is 42.7 Å². The van der Waals surface area contributed by atoms with Gasteiger partial charge in [-0.15, -0.1) is 0 Å². The third-order valence-corrected chi connectivity index (χ3v) is 3.72. The van der Waals surface area contributed by atoms with Crippen molar-refractivity contribution in [1.82, 2.24) is 0 Å². The van der Waals surface area contributed by atoms with E-state index < -0.39 is 0 Å². The van der Waals surface area contributed by atoms with E-state index in [9.17, 15) is 0 Å². The van der Waals surface area contributed by atoms with Crippen molar-refractivity contribution in [2.75, 3.05) is 6.61 Å². The lowest BCUT2D eigenvalue weighted by atomic mass is 9.71. The van der Waals surface area contributed by atoms with Crippen molar-refractivity contribution in [3.8, 4) is 5.75 Å². The fraction of sp³-hybridized carbons (Fsp3) is 0.538. The molecule has 0 amide bonds. The van der Waals surface area contributed by atoms with Crippen molar-refractivity contribution in [2.45, 2.75) is 31.6 Å². The summed E-state index contributed by atoms with van der Waals surface area (Å²) < 4.78 is 5.67. The predicted molar refractivity (Wildman–Crippen MR) is 56.6 cm³/mol. The molecule has 0 N–H and O–H groups in total. The maximum Gasteiger partial charge on any atom is 0.122 e. The van der Waals surface area contributed by atoms with E-state index in [1.54, 1.807) is 0 Å². The number of hydrogen-bond donors (Lipinski definition) is 0. The minimum atomic E-state index is 0.786. The Morgan fingerprint density at radius 2 is 1.93 bits per heavy atom. The van der Waals surface area contributed by atoms with Gasteiger partial charge in [0, 0.05) is 0 Å². The van der Waals surface area contributed by atoms with E-state index >= 15 is 0 Å². The molecule has 0 spiro atoms. The van der Waals surface area contributed by atoms with Gasteiger partial charge in [0.1, 0.15) is 5.75 Å². The van der Waals surface area contributed by atoms with Crippen molar-refractivity contribution in [2.24, 2.45) is 5.92 Å². The van der Waals surface area contributed by atoms with Gasteiger partial charge in [-0.1, -0.05) is 24.6 Å². The highest BCUT2D eigenvalue weighted by atomic mass is 16.5. The van der Waals surface area contributed by atoms with Crippen molar-refractivity contribution < 1.29 is 4.74 Å². The van der Waals surface area contributed by atoms with Crippen molar-refractivity contribution in [3.63, 3.8) is 0 Å². The molecule has 0 aromatic heterocycles. The maximum atomic E-state index is 5.67. The number of rotatable bonds is 1. The third kappa shape index (κ3) is 1.23. The van der Waals surface area contributed by atoms with Gasteiger partial charge in [-0.25, -0.2) is 0 Å². The average Bonchev–Trinajstić information content (AvgIpc) is 2.16. The first-order valence-electron chi connectivity index (χ1n) is 5.67. The fourth-order valence-electron chi connectivity index (χ4n) is 2.70. The average molecular weight is 188 g/mol. The molecule has 1 aromatic carbocycles. The topological polar surface area (TPSA) is 9.23 Å². The van der Waals surface area contributed by atoms with Gasteiger partial charge in [-0.3, -0.25) is 0 Å². The minimum Gasteiger partial charge on any atom is -0.493 e. The molecule has 0 saturated heterocycles. The van der Waals surface area contributed by atoms with E-state index in [-0.39, 0.29) is 0 Å². The monoisotopic (exact) mass is 188 g/mol. The summed E-state index contributed by atoms with van der Waals surface area (Å²) in [5.74, 6) is 2.87. The minimum absolute atomic E-state index is 0.786. The van der Waals surface area contributed by atoms with E-state index in [2.05, 4.69) is 24.3 Å². The van der Waals surface area contributed by atoms with Crippen LogP contribution < -0.4 is 4.74 Å². The second-order valence-electron chi connectivity index (χ2n) is 4.47. The molecule has 1 nitrogen and oxygen atoms in total. The molecule has 14 heavy (non-hydrogen) atoms. The molecule has 0 radical (unpaired) electrons. The highest BCUT2D eigenvalue weighted by molar-refractivity contribution is 5.38. The van der Waals surface area contributed by atoms with Gasteiger partial charge in [0.2, 0.25) is 0 Å². The van der Waals surface area contributed by atoms with Gasteiger partial charge in [0.05, 0.1) is 6.61 Å². The van der Waals surface area contributed by atoms with Crippen molar-refractivity contribution in [3.05, 3.63) is 29.8 Å². The highest BCUT2D eigenvalue weighted by Gasteiger charge is 2.32. The molecule has 1 aromatic rings. The normalized spacial score (nSPS) is 26.1. The largest absolute Gasteiger partial charge is 0.493 e. The Balaban J connectivity index is 1.93. The molecule has 1 unspecified atom stereocenters. The number of para-hydroxylation sites is 1. The fourth-order valence-corrected chi connectivity index (χ4v) is 2.70. The van der Waals surface area contributed by atoms with Crippen LogP contribution >= 0.6 is 0 Å². The number of ether oxygens (including phenoxy) is 1. The quantitative estimate of drug-likeness (QED) is 0.656. The summed E-state index contributed by atoms with van der Waals surface area (Å²) in [7, 11) is 0. The van der Waals surface area contributed by atoms with E-state index in [1.165, 1.54) is 31.2 Å². The van der Waals surface area contributed by atoms with E-state index in [0.717, 1.165) is 24.2 Å². The van der Waals surface area contributed by atoms with Crippen LogP contribution in [0.15, 0.2) is 24.3 Å². The molecule has 74 valence electrons. The van der Waals surface area contributed by atoms with E-state index in [0.29, 0.717) is 0 Å². The molecule has 2 aliphatic rings. The van der Waals surface area contributed by atoms with Crippen LogP contribution in [0.5, 0.6) is 5.75 Å². The summed E-state index contributed by atoms with van der Waals surface area (Å²) in [6.45, 7) is 0.915. The van der Waals surface area contributed by atoms with Gasteiger partial charge < -0.3 is 4.74 Å². The van der Waals surface area contributed by atoms with Crippen LogP contribution in [0.4, 0.5) is 0 Å². The molecule has 0 bridgehead atoms. The maximum absolute atomic E-state index is 5.67. The standard InChI is InChI=1S/C13H16O/c1-2-7-13-12(6-1)11(8-9-14-13)10-4-3-5-10/h1-2,6-7,10-11H,3-5,8-9H2. The first kappa shape index (κ1) is 8.34. The van der Waals surface area contributed by atoms with Crippen LogP contribution in [0, 0.1) is 5.92 Å². The van der Waals surface area contributed by atoms with Gasteiger partial charge in [-0.2, -0.15) is 0 Å². The lowest BCUT2D eigenvalue weighted by Crippen LogP contribution is -2.25. The Labute approximate surface area is 85.1 Å². The van der Waals surface area contributed by atoms with E-state index in [1.807, 2.05) is 0 Å². The summed E-state index contributed by atoms with van der Waals surface area (Å²) >= 11 is 0. The van der Waals surface area contributed by atoms with Crippen molar-refractivity contribution in [1.29, 1.82) is 0 Å². The molecular weight excluding hydrogens is 172 g/mol. The number of hydrogen-bond acceptors (Lipinski definition) is 1. The lowest BCUT2D eigenvalue weighted by Gasteiger charge is -2.37. The Morgan fingerprint density at radius 3 is 2.71 bits per heavy atom. The van der Waals surface area contributed by atoms with Gasteiger partial charge in [0.15, 0.2) is 0 Å². The molecule has 1 heteroatoms. The Kier molecular flexibility index (Phi) is 1.97. The molecule has 1 heterocycles. The van der Waals surface area contributed by atoms with Crippen LogP contribution in [-0.2, 0) is 0 Å². The predicted octanol–water partition coefficient (Wildman–Crippen LogP) is 3.35. The lowest BCUT2D eigenvalue weighted by molar-refractivity contribution is 0.189. The summed E-state index contributed by atoms with van der Waals surface area (Å²) in [5.41, 5.74) is 1.46. The molecule has 1 aliphatic carbocycles. The summed E-state index contributed by atoms with van der Waals surface area (Å²) in [6.07, 6.45) is 5.52. The second kappa shape index (κ2) is 3.30. The summed E-state index contributed by atoms with van der Waals surface area (Å²) in [6, 6.07) is 8.57. The number of fused-ring (bicyclic) bond motifs is 1. The van der Waals surface area contributed by atoms with Crippen LogP contribution in [0.25, 0.3) is 0 Å². The molecule has 1 fully saturated rings.